The number of rotatable bonds is 6. The van der Waals surface area contributed by atoms with E-state index in [1.165, 1.54) is 105 Å². The van der Waals surface area contributed by atoms with E-state index in [1.54, 1.807) is 0 Å². The van der Waals surface area contributed by atoms with E-state index in [2.05, 4.69) is 245 Å². The van der Waals surface area contributed by atoms with Crippen LogP contribution in [0.2, 0.25) is 0 Å². The Labute approximate surface area is 446 Å². The van der Waals surface area contributed by atoms with Crippen molar-refractivity contribution in [3.05, 3.63) is 174 Å². The van der Waals surface area contributed by atoms with Crippen LogP contribution < -0.4 is 43.7 Å². The van der Waals surface area contributed by atoms with Gasteiger partial charge in [0.25, 0.3) is 0 Å². The van der Waals surface area contributed by atoms with Gasteiger partial charge in [0, 0.05) is 43.7 Å². The van der Waals surface area contributed by atoms with E-state index in [4.69, 9.17) is 15.0 Å². The third-order valence-corrected chi connectivity index (χ3v) is 18.0. The molecule has 0 aliphatic heterocycles. The maximum Gasteiger partial charge on any atom is 0.238 e. The van der Waals surface area contributed by atoms with Gasteiger partial charge in [-0.1, -0.05) is 174 Å². The number of hydrogen-bond acceptors (Lipinski definition) is 3. The summed E-state index contributed by atoms with van der Waals surface area (Å²) in [5.41, 5.74) is 30.8. The molecule has 75 heavy (non-hydrogen) atoms. The van der Waals surface area contributed by atoms with Gasteiger partial charge in [0.1, 0.15) is 62.8 Å². The van der Waals surface area contributed by atoms with Gasteiger partial charge in [0.2, 0.25) is 5.95 Å². The van der Waals surface area contributed by atoms with Gasteiger partial charge in [-0.2, -0.15) is 9.97 Å². The van der Waals surface area contributed by atoms with E-state index in [0.29, 0.717) is 17.6 Å². The standard InChI is InChI=1S/C62H53B8N5/c1-30-46(51(65)50(64)31(2)49(30)63)47-39(48-52(66)54(68)56(70)55(69)53(48)67)20-14-24-45(47)74-43-22-12-9-18-35(43)37-26-27-38-36-19-10-13-23-44(36)75(58(38)57(37)74)61-72-59(32-15-6-5-7-16-32)71-60(73-61)33-25-28-42-40(29-33)34-17-8-11-21-41(34)62(42,3)4/h5-29H,63-70H2,1-4H3. The van der Waals surface area contributed by atoms with E-state index in [0.717, 1.165) is 55.0 Å². The first-order valence-electron chi connectivity index (χ1n) is 26.5. The normalized spacial score (nSPS) is 12.8. The highest BCUT2D eigenvalue weighted by molar-refractivity contribution is 6.69. The summed E-state index contributed by atoms with van der Waals surface area (Å²) in [6, 6.07) is 55.3. The summed E-state index contributed by atoms with van der Waals surface area (Å²) in [5, 5.41) is 4.61. The number of fused-ring (bicyclic) bond motifs is 10. The highest BCUT2D eigenvalue weighted by Crippen LogP contribution is 2.50. The Morgan fingerprint density at radius 2 is 0.907 bits per heavy atom. The first-order chi connectivity index (χ1) is 36.2. The molecule has 0 N–H and O–H groups in total. The highest BCUT2D eigenvalue weighted by atomic mass is 15.2. The van der Waals surface area contributed by atoms with Crippen molar-refractivity contribution < 1.29 is 0 Å². The van der Waals surface area contributed by atoms with Crippen LogP contribution in [0, 0.1) is 13.8 Å². The average molecular weight is 955 g/mol. The lowest BCUT2D eigenvalue weighted by atomic mass is 9.59. The fraction of sp³-hybridized carbons (Fsp3) is 0.0806. The molecule has 0 radical (unpaired) electrons. The summed E-state index contributed by atoms with van der Waals surface area (Å²) in [6.45, 7) is 9.27. The lowest BCUT2D eigenvalue weighted by molar-refractivity contribution is 0.660. The fourth-order valence-corrected chi connectivity index (χ4v) is 13.1. The molecule has 0 spiro atoms. The van der Waals surface area contributed by atoms with Gasteiger partial charge < -0.3 is 4.57 Å². The zero-order chi connectivity index (χ0) is 51.9. The monoisotopic (exact) mass is 956 g/mol. The van der Waals surface area contributed by atoms with Crippen LogP contribution in [-0.4, -0.2) is 86.9 Å². The fourth-order valence-electron chi connectivity index (χ4n) is 13.1. The van der Waals surface area contributed by atoms with Gasteiger partial charge in [0.05, 0.1) is 27.8 Å². The van der Waals surface area contributed by atoms with Crippen molar-refractivity contribution in [2.24, 2.45) is 0 Å². The molecule has 9 aromatic carbocycles. The molecule has 3 aromatic heterocycles. The van der Waals surface area contributed by atoms with E-state index in [1.807, 2.05) is 6.07 Å². The van der Waals surface area contributed by atoms with E-state index in [9.17, 15) is 0 Å². The molecule has 0 atom stereocenters. The number of para-hydroxylation sites is 2. The second-order valence-corrected chi connectivity index (χ2v) is 21.8. The second-order valence-electron chi connectivity index (χ2n) is 21.8. The predicted octanol–water partition coefficient (Wildman–Crippen LogP) is 1.72. The largest absolute Gasteiger partial charge is 0.307 e. The van der Waals surface area contributed by atoms with Crippen LogP contribution in [0.25, 0.3) is 111 Å². The molecule has 1 aliphatic rings. The minimum absolute atomic E-state index is 0.125. The average Bonchev–Trinajstić information content (AvgIpc) is 4.04. The van der Waals surface area contributed by atoms with Crippen molar-refractivity contribution in [3.8, 4) is 67.8 Å². The van der Waals surface area contributed by atoms with Crippen molar-refractivity contribution >= 4 is 150 Å². The third kappa shape index (κ3) is 6.72. The number of aromatic nitrogens is 5. The molecule has 0 fully saturated rings. The van der Waals surface area contributed by atoms with Crippen molar-refractivity contribution in [2.75, 3.05) is 0 Å². The first-order valence-corrected chi connectivity index (χ1v) is 26.5. The molecule has 0 amide bonds. The molecule has 0 bridgehead atoms. The molecule has 0 unspecified atom stereocenters. The Morgan fingerprint density at radius 1 is 0.373 bits per heavy atom. The summed E-state index contributed by atoms with van der Waals surface area (Å²) >= 11 is 0. The lowest BCUT2D eigenvalue weighted by Gasteiger charge is -2.28. The van der Waals surface area contributed by atoms with Crippen LogP contribution >= 0.6 is 0 Å². The van der Waals surface area contributed by atoms with Crippen molar-refractivity contribution in [1.82, 2.24) is 24.1 Å². The van der Waals surface area contributed by atoms with E-state index in [-0.39, 0.29) is 5.41 Å². The maximum atomic E-state index is 5.60. The minimum atomic E-state index is -0.125. The molecule has 13 heteroatoms. The molecular weight excluding hydrogens is 901 g/mol. The summed E-state index contributed by atoms with van der Waals surface area (Å²) in [4.78, 5) is 16.4. The topological polar surface area (TPSA) is 48.5 Å². The zero-order valence-electron chi connectivity index (χ0n) is 45.2. The van der Waals surface area contributed by atoms with Gasteiger partial charge >= 0.3 is 0 Å². The SMILES string of the molecule is Bc1c(B)c(B)c(-c2cccc(-n3c4ccccc4c4ccc5c6ccccc6n(-c6nc(-c7ccccc7)nc(-c7ccc8c(c7)-c7ccccc7C8(C)C)n6)c5c43)c2-c2c(B)c(B)c(C)c(B)c2C)c(B)c1B. The molecular formula is C62H53B8N5. The van der Waals surface area contributed by atoms with Gasteiger partial charge in [-0.15, -0.1) is 16.4 Å². The molecule has 0 saturated carbocycles. The van der Waals surface area contributed by atoms with Crippen LogP contribution in [0.1, 0.15) is 36.1 Å². The number of benzene rings is 9. The summed E-state index contributed by atoms with van der Waals surface area (Å²) in [7, 11) is 18.5. The van der Waals surface area contributed by atoms with Gasteiger partial charge in [-0.05, 0) is 82.6 Å². The molecule has 13 rings (SSSR count). The van der Waals surface area contributed by atoms with Crippen molar-refractivity contribution in [2.45, 2.75) is 33.1 Å². The molecule has 3 heterocycles. The van der Waals surface area contributed by atoms with Gasteiger partial charge in [-0.25, -0.2) is 4.98 Å². The third-order valence-electron chi connectivity index (χ3n) is 18.0. The molecule has 12 aromatic rings. The Hall–Kier alpha value is -7.89. The van der Waals surface area contributed by atoms with Gasteiger partial charge in [0.15, 0.2) is 11.6 Å². The Kier molecular flexibility index (Phi) is 10.7. The summed E-state index contributed by atoms with van der Waals surface area (Å²) < 4.78 is 4.90. The maximum absolute atomic E-state index is 5.60. The molecule has 5 nitrogen and oxygen atoms in total. The van der Waals surface area contributed by atoms with Crippen LogP contribution in [0.4, 0.5) is 0 Å². The quantitative estimate of drug-likeness (QED) is 0.239. The number of hydrogen-bond donors (Lipinski definition) is 0. The van der Waals surface area contributed by atoms with Crippen LogP contribution in [0.15, 0.2) is 152 Å². The highest BCUT2D eigenvalue weighted by Gasteiger charge is 2.36. The summed E-state index contributed by atoms with van der Waals surface area (Å²) in [6.07, 6.45) is 0. The Balaban J connectivity index is 1.18. The first kappa shape index (κ1) is 46.9. The zero-order valence-corrected chi connectivity index (χ0v) is 45.2. The second kappa shape index (κ2) is 17.1. The predicted molar refractivity (Wildman–Crippen MR) is 343 cm³/mol. The van der Waals surface area contributed by atoms with E-state index < -0.39 is 0 Å². The Morgan fingerprint density at radius 3 is 1.59 bits per heavy atom. The smallest absolute Gasteiger partial charge is 0.238 e. The molecule has 350 valence electrons. The van der Waals surface area contributed by atoms with Crippen LogP contribution in [0.5, 0.6) is 0 Å². The summed E-state index contributed by atoms with van der Waals surface area (Å²) in [5.74, 6) is 1.82. The Bertz CT molecular complexity index is 4400. The van der Waals surface area contributed by atoms with Crippen LogP contribution in [0.3, 0.4) is 0 Å². The van der Waals surface area contributed by atoms with Gasteiger partial charge in [-0.3, -0.25) is 4.57 Å². The molecule has 1 aliphatic carbocycles. The lowest BCUT2D eigenvalue weighted by Crippen LogP contribution is -2.55. The molecule has 0 saturated heterocycles. The van der Waals surface area contributed by atoms with Crippen molar-refractivity contribution in [3.63, 3.8) is 0 Å². The van der Waals surface area contributed by atoms with Crippen molar-refractivity contribution in [1.29, 1.82) is 0 Å². The number of nitrogens with zero attached hydrogens (tertiary/aromatic N) is 5. The minimum Gasteiger partial charge on any atom is -0.307 e. The van der Waals surface area contributed by atoms with E-state index >= 15 is 0 Å². The van der Waals surface area contributed by atoms with Crippen LogP contribution in [-0.2, 0) is 5.41 Å².